The molecule has 3 rings (SSSR count). The molecular formula is C18H20BrNO6. The van der Waals surface area contributed by atoms with Gasteiger partial charge in [0, 0.05) is 17.3 Å². The Bertz CT molecular complexity index is 781. The Morgan fingerprint density at radius 1 is 1.35 bits per heavy atom. The first-order valence-corrected chi connectivity index (χ1v) is 9.35. The van der Waals surface area contributed by atoms with Gasteiger partial charge in [0.05, 0.1) is 23.3 Å². The second-order valence-electron chi connectivity index (χ2n) is 6.81. The predicted octanol–water partition coefficient (Wildman–Crippen LogP) is 3.32. The quantitative estimate of drug-likeness (QED) is 0.719. The summed E-state index contributed by atoms with van der Waals surface area (Å²) in [6, 6.07) is 4.83. The molecule has 0 aromatic heterocycles. The second kappa shape index (κ2) is 6.57. The number of aliphatic carboxylic acids is 1. The third kappa shape index (κ3) is 2.50. The third-order valence-corrected chi connectivity index (χ3v) is 6.50. The third-order valence-electron chi connectivity index (χ3n) is 5.60. The van der Waals surface area contributed by atoms with Gasteiger partial charge in [0.15, 0.2) is 0 Å². The number of rotatable bonds is 3. The molecule has 26 heavy (non-hydrogen) atoms. The molecule has 2 N–H and O–H groups in total. The van der Waals surface area contributed by atoms with E-state index in [0.717, 1.165) is 0 Å². The number of carboxylic acids is 2. The maximum Gasteiger partial charge on any atom is 0.414 e. The molecule has 0 radical (unpaired) electrons. The summed E-state index contributed by atoms with van der Waals surface area (Å²) in [7, 11) is 0. The lowest BCUT2D eigenvalue weighted by molar-refractivity contribution is -0.151. The van der Waals surface area contributed by atoms with Crippen LogP contribution in [-0.2, 0) is 9.53 Å². The highest BCUT2D eigenvalue weighted by Gasteiger charge is 2.61. The number of carboxylic acid groups (broad SMARTS) is 2. The highest BCUT2D eigenvalue weighted by Crippen LogP contribution is 2.59. The SMILES string of the molecule is CCOC(=O)N1CC2(C(=O)O)C(C)CC(Br)C2c2cccc1c2C(=O)O. The smallest absolute Gasteiger partial charge is 0.414 e. The number of nitrogens with zero attached hydrogens (tertiary/aromatic N) is 1. The molecule has 1 amide bonds. The zero-order valence-corrected chi connectivity index (χ0v) is 16.0. The summed E-state index contributed by atoms with van der Waals surface area (Å²) < 4.78 is 5.09. The van der Waals surface area contributed by atoms with Crippen LogP contribution in [0.1, 0.15) is 42.1 Å². The van der Waals surface area contributed by atoms with Crippen LogP contribution in [0.3, 0.4) is 0 Å². The monoisotopic (exact) mass is 425 g/mol. The largest absolute Gasteiger partial charge is 0.481 e. The molecular weight excluding hydrogens is 406 g/mol. The molecule has 4 atom stereocenters. The Labute approximate surface area is 159 Å². The van der Waals surface area contributed by atoms with E-state index in [0.29, 0.717) is 12.0 Å². The van der Waals surface area contributed by atoms with Gasteiger partial charge in [-0.1, -0.05) is 35.0 Å². The van der Waals surface area contributed by atoms with Crippen molar-refractivity contribution in [3.05, 3.63) is 29.3 Å². The van der Waals surface area contributed by atoms with Crippen molar-refractivity contribution < 1.29 is 29.3 Å². The summed E-state index contributed by atoms with van der Waals surface area (Å²) in [4.78, 5) is 38.0. The first-order valence-electron chi connectivity index (χ1n) is 8.43. The van der Waals surface area contributed by atoms with Gasteiger partial charge in [-0.3, -0.25) is 9.69 Å². The molecule has 1 aromatic carbocycles. The topological polar surface area (TPSA) is 104 Å². The van der Waals surface area contributed by atoms with Gasteiger partial charge >= 0.3 is 18.0 Å². The van der Waals surface area contributed by atoms with Gasteiger partial charge in [0.2, 0.25) is 0 Å². The van der Waals surface area contributed by atoms with Gasteiger partial charge < -0.3 is 14.9 Å². The number of benzene rings is 1. The van der Waals surface area contributed by atoms with Crippen molar-refractivity contribution in [3.63, 3.8) is 0 Å². The molecule has 1 aromatic rings. The molecule has 0 spiro atoms. The van der Waals surface area contributed by atoms with E-state index in [4.69, 9.17) is 4.74 Å². The maximum atomic E-state index is 12.6. The van der Waals surface area contributed by atoms with E-state index in [1.807, 2.05) is 6.92 Å². The molecule has 1 aliphatic heterocycles. The Kier molecular flexibility index (Phi) is 4.72. The zero-order chi connectivity index (χ0) is 19.2. The van der Waals surface area contributed by atoms with E-state index >= 15 is 0 Å². The Hall–Kier alpha value is -2.09. The Balaban J connectivity index is 2.32. The molecule has 1 fully saturated rings. The number of hydrogen-bond acceptors (Lipinski definition) is 4. The molecule has 1 saturated carbocycles. The van der Waals surface area contributed by atoms with Gasteiger partial charge in [-0.2, -0.15) is 0 Å². The molecule has 4 unspecified atom stereocenters. The number of amides is 1. The van der Waals surface area contributed by atoms with Gasteiger partial charge in [-0.05, 0) is 30.9 Å². The van der Waals surface area contributed by atoms with Gasteiger partial charge in [0.25, 0.3) is 0 Å². The molecule has 1 heterocycles. The molecule has 1 aliphatic carbocycles. The number of alkyl halides is 1. The van der Waals surface area contributed by atoms with E-state index < -0.39 is 29.4 Å². The minimum absolute atomic E-state index is 0.0350. The summed E-state index contributed by atoms with van der Waals surface area (Å²) in [6.07, 6.45) is -0.171. The van der Waals surface area contributed by atoms with Crippen molar-refractivity contribution in [2.75, 3.05) is 18.1 Å². The molecule has 2 aliphatic rings. The lowest BCUT2D eigenvalue weighted by atomic mass is 9.69. The first-order chi connectivity index (χ1) is 12.3. The fourth-order valence-electron chi connectivity index (χ4n) is 4.44. The van der Waals surface area contributed by atoms with Crippen LogP contribution in [0.25, 0.3) is 0 Å². The average Bonchev–Trinajstić information content (AvgIpc) is 2.77. The van der Waals surface area contributed by atoms with Gasteiger partial charge in [0.1, 0.15) is 0 Å². The normalized spacial score (nSPS) is 29.7. The number of ether oxygens (including phenoxy) is 1. The standard InChI is InChI=1S/C18H20BrNO6/c1-3-26-17(25)20-8-18(16(23)24)9(2)7-11(19)14(18)10-5-4-6-12(20)13(10)15(21)22/h4-6,9,11,14H,3,7-8H2,1-2H3,(H,21,22)(H,23,24). The summed E-state index contributed by atoms with van der Waals surface area (Å²) in [5, 5.41) is 20.0. The van der Waals surface area contributed by atoms with Crippen molar-refractivity contribution in [1.82, 2.24) is 0 Å². The zero-order valence-electron chi connectivity index (χ0n) is 14.4. The minimum Gasteiger partial charge on any atom is -0.481 e. The predicted molar refractivity (Wildman–Crippen MR) is 97.1 cm³/mol. The summed E-state index contributed by atoms with van der Waals surface area (Å²) in [5.74, 6) is -3.06. The first kappa shape index (κ1) is 18.7. The van der Waals surface area contributed by atoms with Crippen LogP contribution in [-0.4, -0.2) is 46.2 Å². The van der Waals surface area contributed by atoms with Crippen LogP contribution in [0.15, 0.2) is 18.2 Å². The summed E-state index contributed by atoms with van der Waals surface area (Å²) in [5.41, 5.74) is -0.723. The molecule has 7 nitrogen and oxygen atoms in total. The number of anilines is 1. The number of hydrogen-bond donors (Lipinski definition) is 2. The van der Waals surface area contributed by atoms with Gasteiger partial charge in [-0.15, -0.1) is 0 Å². The van der Waals surface area contributed by atoms with E-state index in [-0.39, 0.29) is 35.1 Å². The van der Waals surface area contributed by atoms with Gasteiger partial charge in [-0.25, -0.2) is 9.59 Å². The maximum absolute atomic E-state index is 12.6. The highest BCUT2D eigenvalue weighted by atomic mass is 79.9. The molecule has 140 valence electrons. The Morgan fingerprint density at radius 3 is 2.62 bits per heavy atom. The number of fused-ring (bicyclic) bond motifs is 4. The van der Waals surface area contributed by atoms with Crippen LogP contribution < -0.4 is 4.90 Å². The number of carbonyl (C=O) groups is 3. The van der Waals surface area contributed by atoms with Crippen molar-refractivity contribution in [1.29, 1.82) is 0 Å². The van der Waals surface area contributed by atoms with Crippen LogP contribution in [0.5, 0.6) is 0 Å². The number of halogens is 1. The van der Waals surface area contributed by atoms with E-state index in [9.17, 15) is 24.6 Å². The van der Waals surface area contributed by atoms with E-state index in [1.165, 1.54) is 11.0 Å². The second-order valence-corrected chi connectivity index (χ2v) is 7.98. The lowest BCUT2D eigenvalue weighted by Crippen LogP contribution is -2.49. The highest BCUT2D eigenvalue weighted by molar-refractivity contribution is 9.09. The fourth-order valence-corrected chi connectivity index (χ4v) is 5.75. The Morgan fingerprint density at radius 2 is 2.04 bits per heavy atom. The van der Waals surface area contributed by atoms with Crippen LogP contribution in [0.4, 0.5) is 10.5 Å². The minimum atomic E-state index is -1.30. The number of carbonyl (C=O) groups excluding carboxylic acids is 1. The van der Waals surface area contributed by atoms with Crippen molar-refractivity contribution in [2.45, 2.75) is 31.0 Å². The van der Waals surface area contributed by atoms with Crippen LogP contribution in [0, 0.1) is 11.3 Å². The van der Waals surface area contributed by atoms with Crippen molar-refractivity contribution >= 4 is 39.6 Å². The average molecular weight is 426 g/mol. The van der Waals surface area contributed by atoms with Crippen molar-refractivity contribution in [3.8, 4) is 0 Å². The van der Waals surface area contributed by atoms with E-state index in [1.54, 1.807) is 19.1 Å². The van der Waals surface area contributed by atoms with Crippen LogP contribution in [0.2, 0.25) is 0 Å². The number of aromatic carboxylic acids is 1. The summed E-state index contributed by atoms with van der Waals surface area (Å²) in [6.45, 7) is 3.45. The lowest BCUT2D eigenvalue weighted by Gasteiger charge is -2.37. The van der Waals surface area contributed by atoms with E-state index in [2.05, 4.69) is 15.9 Å². The molecule has 2 bridgehead atoms. The molecule has 8 heteroatoms. The van der Waals surface area contributed by atoms with Crippen LogP contribution >= 0.6 is 15.9 Å². The van der Waals surface area contributed by atoms with Crippen molar-refractivity contribution in [2.24, 2.45) is 11.3 Å². The molecule has 0 saturated heterocycles. The summed E-state index contributed by atoms with van der Waals surface area (Å²) >= 11 is 3.57. The fraction of sp³-hybridized carbons (Fsp3) is 0.500.